The molecule has 0 amide bonds. The molecule has 0 saturated heterocycles. The SMILES string of the molecule is C=CCCCCCCCCCCCCCCCC(=O)O[C@H](COC(=O)CCCCC/C=C/C/C=C/C/C=C/C/C=C/CCC)COP(=O)(O)OC[C@@H](O)CO. The van der Waals surface area contributed by atoms with E-state index in [9.17, 15) is 24.2 Å². The first-order valence-corrected chi connectivity index (χ1v) is 22.7. The smallest absolute Gasteiger partial charge is 0.462 e. The molecule has 318 valence electrons. The van der Waals surface area contributed by atoms with Crippen LogP contribution in [-0.2, 0) is 32.7 Å². The average Bonchev–Trinajstić information content (AvgIpc) is 3.17. The van der Waals surface area contributed by atoms with Crippen LogP contribution in [0.1, 0.15) is 167 Å². The Morgan fingerprint density at radius 2 is 1.04 bits per heavy atom. The number of carbonyl (C=O) groups excluding carboxylic acids is 2. The summed E-state index contributed by atoms with van der Waals surface area (Å²) in [4.78, 5) is 35.0. The molecular formula is C44H77O10P. The maximum Gasteiger partial charge on any atom is 0.472 e. The van der Waals surface area contributed by atoms with Crippen LogP contribution in [0.15, 0.2) is 61.3 Å². The Morgan fingerprint density at radius 1 is 0.600 bits per heavy atom. The van der Waals surface area contributed by atoms with Crippen LogP contribution in [0.5, 0.6) is 0 Å². The molecule has 0 aliphatic rings. The van der Waals surface area contributed by atoms with Gasteiger partial charge in [0.2, 0.25) is 0 Å². The molecule has 0 rings (SSSR count). The molecule has 3 N–H and O–H groups in total. The maximum absolute atomic E-state index is 12.6. The van der Waals surface area contributed by atoms with E-state index in [-0.39, 0.29) is 19.4 Å². The zero-order chi connectivity index (χ0) is 40.5. The number of hydrogen-bond acceptors (Lipinski definition) is 9. The second kappa shape index (κ2) is 39.9. The Bertz CT molecular complexity index is 1090. The van der Waals surface area contributed by atoms with Gasteiger partial charge in [-0.05, 0) is 64.2 Å². The molecule has 0 aliphatic carbocycles. The summed E-state index contributed by atoms with van der Waals surface area (Å²) in [7, 11) is -4.63. The third-order valence-corrected chi connectivity index (χ3v) is 9.72. The fourth-order valence-electron chi connectivity index (χ4n) is 5.49. The van der Waals surface area contributed by atoms with Crippen LogP contribution in [0.3, 0.4) is 0 Å². The van der Waals surface area contributed by atoms with Gasteiger partial charge >= 0.3 is 19.8 Å². The second-order valence-electron chi connectivity index (χ2n) is 14.1. The summed E-state index contributed by atoms with van der Waals surface area (Å²) >= 11 is 0. The number of unbranched alkanes of at least 4 members (excludes halogenated alkanes) is 17. The standard InChI is InChI=1S/C44H77O10P/c1-3-5-7-9-11-13-15-17-19-20-22-23-25-27-29-31-33-35-43(47)51-39-42(40-53-55(49,50)52-38-41(46)37-45)54-44(48)36-34-32-30-28-26-24-21-18-16-14-12-10-8-6-4-2/h4,7,9,13,15,19-20,23,25,41-42,45-46H,2-3,5-6,8,10-12,14,16-18,21-22,24,26-40H2,1H3,(H,49,50)/b9-7+,15-13+,20-19+,25-23+/t41-,42+/m0/s1. The summed E-state index contributed by atoms with van der Waals surface area (Å²) < 4.78 is 32.7. The van der Waals surface area contributed by atoms with E-state index in [4.69, 9.17) is 19.1 Å². The van der Waals surface area contributed by atoms with Crippen molar-refractivity contribution in [2.45, 2.75) is 180 Å². The van der Waals surface area contributed by atoms with E-state index < -0.39 is 51.8 Å². The normalized spacial score (nSPS) is 14.3. The Labute approximate surface area is 334 Å². The van der Waals surface area contributed by atoms with Gasteiger partial charge < -0.3 is 24.6 Å². The first-order valence-electron chi connectivity index (χ1n) is 21.2. The molecule has 0 aromatic heterocycles. The predicted molar refractivity (Wildman–Crippen MR) is 224 cm³/mol. The highest BCUT2D eigenvalue weighted by Gasteiger charge is 2.27. The molecule has 10 nitrogen and oxygen atoms in total. The number of esters is 2. The molecule has 3 atom stereocenters. The second-order valence-corrected chi connectivity index (χ2v) is 15.5. The molecule has 0 spiro atoms. The van der Waals surface area contributed by atoms with Crippen molar-refractivity contribution in [3.63, 3.8) is 0 Å². The molecule has 0 radical (unpaired) electrons. The molecule has 0 bridgehead atoms. The van der Waals surface area contributed by atoms with E-state index in [1.165, 1.54) is 64.2 Å². The Morgan fingerprint density at radius 3 is 1.56 bits per heavy atom. The van der Waals surface area contributed by atoms with Crippen molar-refractivity contribution in [3.05, 3.63) is 61.3 Å². The minimum Gasteiger partial charge on any atom is -0.462 e. The van der Waals surface area contributed by atoms with Gasteiger partial charge in [0.1, 0.15) is 12.7 Å². The fourth-order valence-corrected chi connectivity index (χ4v) is 6.28. The van der Waals surface area contributed by atoms with Gasteiger partial charge in [-0.2, -0.15) is 0 Å². The number of phosphoric ester groups is 1. The summed E-state index contributed by atoms with van der Waals surface area (Å²) in [5.74, 6) is -0.966. The van der Waals surface area contributed by atoms with Crippen molar-refractivity contribution >= 4 is 19.8 Å². The van der Waals surface area contributed by atoms with Crippen LogP contribution in [0.2, 0.25) is 0 Å². The number of aliphatic hydroxyl groups excluding tert-OH is 2. The van der Waals surface area contributed by atoms with Crippen LogP contribution >= 0.6 is 7.82 Å². The topological polar surface area (TPSA) is 149 Å². The molecule has 0 aromatic carbocycles. The monoisotopic (exact) mass is 797 g/mol. The Balaban J connectivity index is 4.35. The van der Waals surface area contributed by atoms with Gasteiger partial charge in [-0.25, -0.2) is 4.57 Å². The third kappa shape index (κ3) is 39.7. The number of allylic oxidation sites excluding steroid dienone is 9. The molecule has 0 heterocycles. The zero-order valence-electron chi connectivity index (χ0n) is 34.2. The molecule has 0 aliphatic heterocycles. The van der Waals surface area contributed by atoms with E-state index in [1.807, 2.05) is 6.08 Å². The summed E-state index contributed by atoms with van der Waals surface area (Å²) in [6, 6.07) is 0. The van der Waals surface area contributed by atoms with Gasteiger partial charge in [-0.3, -0.25) is 18.6 Å². The van der Waals surface area contributed by atoms with E-state index in [0.717, 1.165) is 70.6 Å². The molecule has 0 saturated carbocycles. The summed E-state index contributed by atoms with van der Waals surface area (Å²) in [6.45, 7) is 3.79. The maximum atomic E-state index is 12.6. The van der Waals surface area contributed by atoms with Crippen molar-refractivity contribution in [3.8, 4) is 0 Å². The van der Waals surface area contributed by atoms with E-state index in [0.29, 0.717) is 12.8 Å². The molecule has 1 unspecified atom stereocenters. The van der Waals surface area contributed by atoms with Crippen molar-refractivity contribution in [1.82, 2.24) is 0 Å². The van der Waals surface area contributed by atoms with Gasteiger partial charge in [0, 0.05) is 12.8 Å². The van der Waals surface area contributed by atoms with Crippen molar-refractivity contribution < 1.29 is 47.8 Å². The van der Waals surface area contributed by atoms with Crippen LogP contribution in [-0.4, -0.2) is 65.7 Å². The summed E-state index contributed by atoms with van der Waals surface area (Å²) in [6.07, 6.45) is 42.2. The largest absolute Gasteiger partial charge is 0.472 e. The van der Waals surface area contributed by atoms with Crippen LogP contribution in [0, 0.1) is 0 Å². The number of hydrogen-bond donors (Lipinski definition) is 3. The van der Waals surface area contributed by atoms with E-state index in [1.54, 1.807) is 0 Å². The van der Waals surface area contributed by atoms with Gasteiger partial charge in [-0.15, -0.1) is 6.58 Å². The minimum atomic E-state index is -4.63. The average molecular weight is 797 g/mol. The quantitative estimate of drug-likeness (QED) is 0.0237. The highest BCUT2D eigenvalue weighted by Crippen LogP contribution is 2.43. The predicted octanol–water partition coefficient (Wildman–Crippen LogP) is 11.1. The van der Waals surface area contributed by atoms with Crippen LogP contribution in [0.4, 0.5) is 0 Å². The van der Waals surface area contributed by atoms with E-state index >= 15 is 0 Å². The number of ether oxygens (including phenoxy) is 2. The van der Waals surface area contributed by atoms with E-state index in [2.05, 4.69) is 66.6 Å². The van der Waals surface area contributed by atoms with Crippen LogP contribution in [0.25, 0.3) is 0 Å². The third-order valence-electron chi connectivity index (χ3n) is 8.77. The van der Waals surface area contributed by atoms with Crippen molar-refractivity contribution in [1.29, 1.82) is 0 Å². The van der Waals surface area contributed by atoms with Crippen molar-refractivity contribution in [2.24, 2.45) is 0 Å². The van der Waals surface area contributed by atoms with Gasteiger partial charge in [0.15, 0.2) is 6.10 Å². The molecule has 0 aromatic rings. The number of rotatable bonds is 40. The Hall–Kier alpha value is -2.33. The van der Waals surface area contributed by atoms with Gasteiger partial charge in [0.25, 0.3) is 0 Å². The fraction of sp³-hybridized carbons (Fsp3) is 0.727. The zero-order valence-corrected chi connectivity index (χ0v) is 35.1. The van der Waals surface area contributed by atoms with Crippen LogP contribution < -0.4 is 0 Å². The minimum absolute atomic E-state index is 0.173. The lowest BCUT2D eigenvalue weighted by molar-refractivity contribution is -0.161. The number of phosphoric acid groups is 1. The molecule has 55 heavy (non-hydrogen) atoms. The van der Waals surface area contributed by atoms with Gasteiger partial charge in [-0.1, -0.05) is 145 Å². The van der Waals surface area contributed by atoms with Gasteiger partial charge in [0.05, 0.1) is 19.8 Å². The lowest BCUT2D eigenvalue weighted by atomic mass is 10.0. The molecule has 11 heteroatoms. The lowest BCUT2D eigenvalue weighted by Crippen LogP contribution is -2.29. The molecular weight excluding hydrogens is 719 g/mol. The highest BCUT2D eigenvalue weighted by atomic mass is 31.2. The van der Waals surface area contributed by atoms with Crippen molar-refractivity contribution in [2.75, 3.05) is 26.4 Å². The Kier molecular flexibility index (Phi) is 38.2. The number of aliphatic hydroxyl groups is 2. The number of carbonyl (C=O) groups is 2. The highest BCUT2D eigenvalue weighted by molar-refractivity contribution is 7.47. The first-order chi connectivity index (χ1) is 26.7. The summed E-state index contributed by atoms with van der Waals surface area (Å²) in [5.41, 5.74) is 0. The first kappa shape index (κ1) is 52.7. The summed E-state index contributed by atoms with van der Waals surface area (Å²) in [5, 5.41) is 18.3. The molecule has 0 fully saturated rings. The lowest BCUT2D eigenvalue weighted by Gasteiger charge is -2.20.